The molecular formula is C23H17NO2. The molecule has 1 aromatic heterocycles. The molecule has 0 atom stereocenters. The number of hydrogen-bond acceptors (Lipinski definition) is 3. The van der Waals surface area contributed by atoms with Crippen molar-refractivity contribution in [2.24, 2.45) is 0 Å². The van der Waals surface area contributed by atoms with E-state index in [2.05, 4.69) is 12.1 Å². The first-order chi connectivity index (χ1) is 12.7. The molecule has 0 saturated carbocycles. The van der Waals surface area contributed by atoms with Gasteiger partial charge in [-0.25, -0.2) is 4.98 Å². The largest absolute Gasteiger partial charge is 0.508 e. The highest BCUT2D eigenvalue weighted by Gasteiger charge is 2.09. The summed E-state index contributed by atoms with van der Waals surface area (Å²) in [5.74, 6) is 0.457. The van der Waals surface area contributed by atoms with Gasteiger partial charge in [0.25, 0.3) is 0 Å². The SMILES string of the molecule is Oc1ccc(-c2cc(-c3ccccc3)cc(-c3ccc(O)cc3)n2)cc1. The van der Waals surface area contributed by atoms with Crippen LogP contribution in [0.1, 0.15) is 0 Å². The first kappa shape index (κ1) is 15.9. The van der Waals surface area contributed by atoms with Crippen LogP contribution in [0.2, 0.25) is 0 Å². The van der Waals surface area contributed by atoms with Crippen LogP contribution in [0.3, 0.4) is 0 Å². The summed E-state index contributed by atoms with van der Waals surface area (Å²) in [6, 6.07) is 28.3. The van der Waals surface area contributed by atoms with Gasteiger partial charge in [0.1, 0.15) is 11.5 Å². The fourth-order valence-electron chi connectivity index (χ4n) is 2.89. The molecular weight excluding hydrogens is 322 g/mol. The van der Waals surface area contributed by atoms with Gasteiger partial charge >= 0.3 is 0 Å². The topological polar surface area (TPSA) is 53.4 Å². The van der Waals surface area contributed by atoms with Crippen LogP contribution in [-0.2, 0) is 0 Å². The lowest BCUT2D eigenvalue weighted by atomic mass is 10.00. The predicted octanol–water partition coefficient (Wildman–Crippen LogP) is 5.49. The van der Waals surface area contributed by atoms with Crippen LogP contribution in [0.4, 0.5) is 0 Å². The highest BCUT2D eigenvalue weighted by atomic mass is 16.3. The van der Waals surface area contributed by atoms with Gasteiger partial charge < -0.3 is 10.2 Å². The van der Waals surface area contributed by atoms with Crippen LogP contribution in [0.15, 0.2) is 91.0 Å². The van der Waals surface area contributed by atoms with Crippen LogP contribution in [0.25, 0.3) is 33.6 Å². The molecule has 0 radical (unpaired) electrons. The van der Waals surface area contributed by atoms with Crippen molar-refractivity contribution < 1.29 is 10.2 Å². The van der Waals surface area contributed by atoms with E-state index in [9.17, 15) is 10.2 Å². The summed E-state index contributed by atoms with van der Waals surface area (Å²) in [5.41, 5.74) is 5.69. The van der Waals surface area contributed by atoms with Crippen molar-refractivity contribution in [3.8, 4) is 45.1 Å². The van der Waals surface area contributed by atoms with Crippen molar-refractivity contribution in [3.05, 3.63) is 91.0 Å². The number of aromatic nitrogens is 1. The molecule has 0 fully saturated rings. The van der Waals surface area contributed by atoms with E-state index in [1.807, 2.05) is 54.6 Å². The average Bonchev–Trinajstić information content (AvgIpc) is 2.69. The Morgan fingerprint density at radius 2 is 0.923 bits per heavy atom. The van der Waals surface area contributed by atoms with Crippen molar-refractivity contribution in [1.29, 1.82) is 0 Å². The van der Waals surface area contributed by atoms with Crippen LogP contribution < -0.4 is 0 Å². The van der Waals surface area contributed by atoms with E-state index in [0.717, 1.165) is 33.6 Å². The Labute approximate surface area is 151 Å². The van der Waals surface area contributed by atoms with Crippen LogP contribution in [0, 0.1) is 0 Å². The van der Waals surface area contributed by atoms with Crippen LogP contribution in [-0.4, -0.2) is 15.2 Å². The summed E-state index contributed by atoms with van der Waals surface area (Å²) in [6.07, 6.45) is 0. The zero-order chi connectivity index (χ0) is 17.9. The minimum Gasteiger partial charge on any atom is -0.508 e. The van der Waals surface area contributed by atoms with E-state index in [4.69, 9.17) is 4.98 Å². The summed E-state index contributed by atoms with van der Waals surface area (Å²) >= 11 is 0. The lowest BCUT2D eigenvalue weighted by Gasteiger charge is -2.10. The fraction of sp³-hybridized carbons (Fsp3) is 0. The van der Waals surface area contributed by atoms with E-state index in [1.54, 1.807) is 24.3 Å². The molecule has 1 heterocycles. The normalized spacial score (nSPS) is 10.6. The zero-order valence-electron chi connectivity index (χ0n) is 14.0. The third-order valence-electron chi connectivity index (χ3n) is 4.26. The van der Waals surface area contributed by atoms with Gasteiger partial charge in [0.05, 0.1) is 11.4 Å². The Morgan fingerprint density at radius 1 is 0.462 bits per heavy atom. The van der Waals surface area contributed by atoms with Crippen LogP contribution in [0.5, 0.6) is 11.5 Å². The number of hydrogen-bond donors (Lipinski definition) is 2. The predicted molar refractivity (Wildman–Crippen MR) is 104 cm³/mol. The third kappa shape index (κ3) is 3.28. The monoisotopic (exact) mass is 339 g/mol. The minimum atomic E-state index is 0.228. The summed E-state index contributed by atoms with van der Waals surface area (Å²) in [6.45, 7) is 0. The number of pyridine rings is 1. The number of phenols is 2. The summed E-state index contributed by atoms with van der Waals surface area (Å²) in [7, 11) is 0. The molecule has 0 saturated heterocycles. The first-order valence-electron chi connectivity index (χ1n) is 8.35. The molecule has 0 aliphatic rings. The van der Waals surface area contributed by atoms with Crippen molar-refractivity contribution in [3.63, 3.8) is 0 Å². The molecule has 0 bridgehead atoms. The van der Waals surface area contributed by atoms with Crippen molar-refractivity contribution in [2.75, 3.05) is 0 Å². The van der Waals surface area contributed by atoms with Gasteiger partial charge in [-0.2, -0.15) is 0 Å². The summed E-state index contributed by atoms with van der Waals surface area (Å²) in [5, 5.41) is 19.1. The second-order valence-electron chi connectivity index (χ2n) is 6.09. The molecule has 0 aliphatic carbocycles. The maximum absolute atomic E-state index is 9.55. The first-order valence-corrected chi connectivity index (χ1v) is 8.35. The average molecular weight is 339 g/mol. The Kier molecular flexibility index (Phi) is 4.12. The molecule has 4 aromatic rings. The third-order valence-corrected chi connectivity index (χ3v) is 4.26. The lowest BCUT2D eigenvalue weighted by molar-refractivity contribution is 0.475. The Hall–Kier alpha value is -3.59. The van der Waals surface area contributed by atoms with Gasteiger partial charge in [0.15, 0.2) is 0 Å². The summed E-state index contributed by atoms with van der Waals surface area (Å²) < 4.78 is 0. The van der Waals surface area contributed by atoms with Gasteiger partial charge in [-0.05, 0) is 71.8 Å². The van der Waals surface area contributed by atoms with E-state index < -0.39 is 0 Å². The maximum atomic E-state index is 9.55. The molecule has 0 unspecified atom stereocenters. The van der Waals surface area contributed by atoms with Crippen molar-refractivity contribution >= 4 is 0 Å². The smallest absolute Gasteiger partial charge is 0.115 e. The van der Waals surface area contributed by atoms with E-state index in [0.29, 0.717) is 0 Å². The minimum absolute atomic E-state index is 0.228. The number of rotatable bonds is 3. The Bertz CT molecular complexity index is 960. The van der Waals surface area contributed by atoms with Gasteiger partial charge in [0.2, 0.25) is 0 Å². The zero-order valence-corrected chi connectivity index (χ0v) is 14.0. The van der Waals surface area contributed by atoms with E-state index >= 15 is 0 Å². The fourth-order valence-corrected chi connectivity index (χ4v) is 2.89. The van der Waals surface area contributed by atoms with E-state index in [-0.39, 0.29) is 11.5 Å². The molecule has 26 heavy (non-hydrogen) atoms. The second-order valence-corrected chi connectivity index (χ2v) is 6.09. The quantitative estimate of drug-likeness (QED) is 0.518. The molecule has 4 rings (SSSR count). The van der Waals surface area contributed by atoms with Gasteiger partial charge in [-0.1, -0.05) is 30.3 Å². The standard InChI is InChI=1S/C23H17NO2/c25-20-10-6-17(7-11-20)22-14-19(16-4-2-1-3-5-16)15-23(24-22)18-8-12-21(26)13-9-18/h1-15,25-26H. The number of benzene rings is 3. The molecule has 0 aliphatic heterocycles. The van der Waals surface area contributed by atoms with Gasteiger partial charge in [0, 0.05) is 11.1 Å². The molecule has 0 spiro atoms. The molecule has 2 N–H and O–H groups in total. The molecule has 3 nitrogen and oxygen atoms in total. The lowest BCUT2D eigenvalue weighted by Crippen LogP contribution is -1.91. The highest BCUT2D eigenvalue weighted by molar-refractivity contribution is 5.76. The van der Waals surface area contributed by atoms with E-state index in [1.165, 1.54) is 0 Å². The number of phenolic OH excluding ortho intramolecular Hbond substituents is 2. The molecule has 126 valence electrons. The molecule has 3 aromatic carbocycles. The maximum Gasteiger partial charge on any atom is 0.115 e. The van der Waals surface area contributed by atoms with Crippen LogP contribution >= 0.6 is 0 Å². The Balaban J connectivity index is 1.89. The van der Waals surface area contributed by atoms with Crippen molar-refractivity contribution in [2.45, 2.75) is 0 Å². The van der Waals surface area contributed by atoms with Crippen molar-refractivity contribution in [1.82, 2.24) is 4.98 Å². The molecule has 3 heteroatoms. The van der Waals surface area contributed by atoms with Gasteiger partial charge in [-0.3, -0.25) is 0 Å². The number of nitrogens with zero attached hydrogens (tertiary/aromatic N) is 1. The number of aromatic hydroxyl groups is 2. The molecule has 0 amide bonds. The Morgan fingerprint density at radius 3 is 1.38 bits per heavy atom. The second kappa shape index (κ2) is 6.73. The summed E-state index contributed by atoms with van der Waals surface area (Å²) in [4.78, 5) is 4.80. The highest BCUT2D eigenvalue weighted by Crippen LogP contribution is 2.31. The van der Waals surface area contributed by atoms with Gasteiger partial charge in [-0.15, -0.1) is 0 Å².